The summed E-state index contributed by atoms with van der Waals surface area (Å²) in [6, 6.07) is 5.76. The highest BCUT2D eigenvalue weighted by molar-refractivity contribution is 6.31. The highest BCUT2D eigenvalue weighted by atomic mass is 35.5. The molecule has 0 atom stereocenters. The molecular formula is C10H10ClNO. The molecule has 0 aromatic heterocycles. The molecule has 0 amide bonds. The second kappa shape index (κ2) is 4.15. The minimum Gasteiger partial charge on any atom is -0.496 e. The summed E-state index contributed by atoms with van der Waals surface area (Å²) < 4.78 is 5.12. The molecule has 0 radical (unpaired) electrons. The van der Waals surface area contributed by atoms with Crippen LogP contribution in [0.5, 0.6) is 5.75 Å². The van der Waals surface area contributed by atoms with Gasteiger partial charge in [-0.1, -0.05) is 11.6 Å². The molecular weight excluding hydrogens is 186 g/mol. The first-order valence-electron chi connectivity index (χ1n) is 3.89. The number of hydrogen-bond donors (Lipinski definition) is 0. The summed E-state index contributed by atoms with van der Waals surface area (Å²) in [6.45, 7) is 1.94. The number of nitriles is 1. The lowest BCUT2D eigenvalue weighted by atomic mass is 10.1. The Morgan fingerprint density at radius 1 is 1.54 bits per heavy atom. The van der Waals surface area contributed by atoms with Crippen molar-refractivity contribution in [1.29, 1.82) is 5.26 Å². The topological polar surface area (TPSA) is 33.0 Å². The van der Waals surface area contributed by atoms with Gasteiger partial charge in [0.15, 0.2) is 0 Å². The van der Waals surface area contributed by atoms with Gasteiger partial charge in [0, 0.05) is 10.6 Å². The number of rotatable bonds is 2. The van der Waals surface area contributed by atoms with Crippen LogP contribution in [0.1, 0.15) is 11.1 Å². The van der Waals surface area contributed by atoms with Crippen molar-refractivity contribution in [3.05, 3.63) is 28.3 Å². The molecule has 0 saturated heterocycles. The molecule has 0 spiro atoms. The van der Waals surface area contributed by atoms with Crippen LogP contribution in [0.2, 0.25) is 5.02 Å². The summed E-state index contributed by atoms with van der Waals surface area (Å²) in [5.74, 6) is 0.687. The van der Waals surface area contributed by atoms with Crippen molar-refractivity contribution in [2.24, 2.45) is 0 Å². The number of benzene rings is 1. The Labute approximate surface area is 82.7 Å². The summed E-state index contributed by atoms with van der Waals surface area (Å²) in [6.07, 6.45) is 0.280. The molecule has 1 rings (SSSR count). The zero-order valence-corrected chi connectivity index (χ0v) is 8.35. The van der Waals surface area contributed by atoms with Crippen molar-refractivity contribution in [2.45, 2.75) is 13.3 Å². The van der Waals surface area contributed by atoms with Gasteiger partial charge in [0.25, 0.3) is 0 Å². The molecule has 0 bridgehead atoms. The second-order valence-electron chi connectivity index (χ2n) is 2.76. The Hall–Kier alpha value is -1.20. The standard InChI is InChI=1S/C10H10ClNO/c1-7-5-9(11)8(3-4-12)10(6-7)13-2/h5-6H,3H2,1-2H3. The minimum absolute atomic E-state index is 0.280. The highest BCUT2D eigenvalue weighted by Crippen LogP contribution is 2.28. The minimum atomic E-state index is 0.280. The van der Waals surface area contributed by atoms with Crippen LogP contribution in [-0.2, 0) is 6.42 Å². The predicted molar refractivity (Wildman–Crippen MR) is 52.1 cm³/mol. The Morgan fingerprint density at radius 2 is 2.23 bits per heavy atom. The normalized spacial score (nSPS) is 9.38. The first kappa shape index (κ1) is 9.88. The highest BCUT2D eigenvalue weighted by Gasteiger charge is 2.07. The van der Waals surface area contributed by atoms with Gasteiger partial charge in [0.05, 0.1) is 19.6 Å². The summed E-state index contributed by atoms with van der Waals surface area (Å²) in [7, 11) is 1.58. The van der Waals surface area contributed by atoms with E-state index >= 15 is 0 Å². The van der Waals surface area contributed by atoms with Gasteiger partial charge in [-0.25, -0.2) is 0 Å². The molecule has 13 heavy (non-hydrogen) atoms. The monoisotopic (exact) mass is 195 g/mol. The molecule has 68 valence electrons. The van der Waals surface area contributed by atoms with Crippen LogP contribution < -0.4 is 4.74 Å². The van der Waals surface area contributed by atoms with E-state index in [0.29, 0.717) is 10.8 Å². The van der Waals surface area contributed by atoms with E-state index in [1.807, 2.05) is 19.1 Å². The third kappa shape index (κ3) is 2.13. The van der Waals surface area contributed by atoms with Crippen LogP contribution in [-0.4, -0.2) is 7.11 Å². The van der Waals surface area contributed by atoms with Gasteiger partial charge in [0.1, 0.15) is 5.75 Å². The van der Waals surface area contributed by atoms with Crippen molar-refractivity contribution in [3.63, 3.8) is 0 Å². The van der Waals surface area contributed by atoms with Gasteiger partial charge < -0.3 is 4.74 Å². The Kier molecular flexibility index (Phi) is 3.16. The number of nitrogens with zero attached hydrogens (tertiary/aromatic N) is 1. The summed E-state index contributed by atoms with van der Waals surface area (Å²) in [4.78, 5) is 0. The Bertz CT molecular complexity index is 355. The zero-order chi connectivity index (χ0) is 9.84. The SMILES string of the molecule is COc1cc(C)cc(Cl)c1CC#N. The van der Waals surface area contributed by atoms with Gasteiger partial charge in [-0.3, -0.25) is 0 Å². The Balaban J connectivity index is 3.23. The lowest BCUT2D eigenvalue weighted by Gasteiger charge is -2.08. The summed E-state index contributed by atoms with van der Waals surface area (Å²) >= 11 is 5.96. The van der Waals surface area contributed by atoms with E-state index in [4.69, 9.17) is 21.6 Å². The molecule has 0 unspecified atom stereocenters. The number of hydrogen-bond acceptors (Lipinski definition) is 2. The van der Waals surface area contributed by atoms with Crippen LogP contribution in [0, 0.1) is 18.3 Å². The van der Waals surface area contributed by atoms with Crippen LogP contribution >= 0.6 is 11.6 Å². The third-order valence-electron chi connectivity index (χ3n) is 1.77. The average molecular weight is 196 g/mol. The van der Waals surface area contributed by atoms with Gasteiger partial charge in [-0.15, -0.1) is 0 Å². The molecule has 0 saturated carbocycles. The van der Waals surface area contributed by atoms with E-state index in [0.717, 1.165) is 11.1 Å². The number of aryl methyl sites for hydroxylation is 1. The van der Waals surface area contributed by atoms with Gasteiger partial charge in [0.2, 0.25) is 0 Å². The van der Waals surface area contributed by atoms with Crippen LogP contribution in [0.25, 0.3) is 0 Å². The van der Waals surface area contributed by atoms with Crippen molar-refractivity contribution in [2.75, 3.05) is 7.11 Å². The predicted octanol–water partition coefficient (Wildman–Crippen LogP) is 2.72. The van der Waals surface area contributed by atoms with Crippen LogP contribution in [0.4, 0.5) is 0 Å². The first-order chi connectivity index (χ1) is 6.19. The molecule has 1 aromatic carbocycles. The number of halogens is 1. The van der Waals surface area contributed by atoms with Crippen LogP contribution in [0.3, 0.4) is 0 Å². The lowest BCUT2D eigenvalue weighted by molar-refractivity contribution is 0.410. The molecule has 2 nitrogen and oxygen atoms in total. The first-order valence-corrected chi connectivity index (χ1v) is 4.26. The lowest BCUT2D eigenvalue weighted by Crippen LogP contribution is -1.93. The van der Waals surface area contributed by atoms with E-state index in [1.54, 1.807) is 7.11 Å². The second-order valence-corrected chi connectivity index (χ2v) is 3.17. The largest absolute Gasteiger partial charge is 0.496 e. The fraction of sp³-hybridized carbons (Fsp3) is 0.300. The molecule has 0 fully saturated rings. The number of methoxy groups -OCH3 is 1. The molecule has 0 aliphatic rings. The van der Waals surface area contributed by atoms with Crippen molar-refractivity contribution in [1.82, 2.24) is 0 Å². The quantitative estimate of drug-likeness (QED) is 0.727. The van der Waals surface area contributed by atoms with E-state index < -0.39 is 0 Å². The van der Waals surface area contributed by atoms with Crippen LogP contribution in [0.15, 0.2) is 12.1 Å². The van der Waals surface area contributed by atoms with Gasteiger partial charge in [-0.2, -0.15) is 5.26 Å². The molecule has 0 aliphatic heterocycles. The molecule has 0 aliphatic carbocycles. The summed E-state index contributed by atoms with van der Waals surface area (Å²) in [5.41, 5.74) is 1.79. The number of ether oxygens (including phenoxy) is 1. The Morgan fingerprint density at radius 3 is 2.77 bits per heavy atom. The van der Waals surface area contributed by atoms with E-state index in [-0.39, 0.29) is 6.42 Å². The maximum absolute atomic E-state index is 8.57. The fourth-order valence-electron chi connectivity index (χ4n) is 1.17. The van der Waals surface area contributed by atoms with Crippen molar-refractivity contribution < 1.29 is 4.74 Å². The van der Waals surface area contributed by atoms with E-state index in [9.17, 15) is 0 Å². The molecule has 0 N–H and O–H groups in total. The average Bonchev–Trinajstić information content (AvgIpc) is 2.09. The fourth-order valence-corrected chi connectivity index (χ4v) is 1.51. The van der Waals surface area contributed by atoms with Gasteiger partial charge >= 0.3 is 0 Å². The maximum atomic E-state index is 8.57. The van der Waals surface area contributed by atoms with Gasteiger partial charge in [-0.05, 0) is 24.6 Å². The zero-order valence-electron chi connectivity index (χ0n) is 7.60. The summed E-state index contributed by atoms with van der Waals surface area (Å²) in [5, 5.41) is 9.16. The van der Waals surface area contributed by atoms with E-state index in [1.165, 1.54) is 0 Å². The molecule has 3 heteroatoms. The molecule has 1 aromatic rings. The maximum Gasteiger partial charge on any atom is 0.124 e. The van der Waals surface area contributed by atoms with E-state index in [2.05, 4.69) is 6.07 Å². The third-order valence-corrected chi connectivity index (χ3v) is 2.11. The molecule has 0 heterocycles. The van der Waals surface area contributed by atoms with Crippen molar-refractivity contribution >= 4 is 11.6 Å². The van der Waals surface area contributed by atoms with Crippen molar-refractivity contribution in [3.8, 4) is 11.8 Å². The smallest absolute Gasteiger partial charge is 0.124 e.